The zero-order chi connectivity index (χ0) is 24.4. The van der Waals surface area contributed by atoms with E-state index in [0.717, 1.165) is 12.1 Å². The number of ether oxygens (including phenoxy) is 2. The summed E-state index contributed by atoms with van der Waals surface area (Å²) in [6.07, 6.45) is -10.3. The number of methoxy groups -OCH3 is 2. The summed E-state index contributed by atoms with van der Waals surface area (Å²) >= 11 is 0. The second kappa shape index (κ2) is 8.81. The normalized spacial score (nSPS) is 12.5. The maximum Gasteiger partial charge on any atom is 0.430 e. The van der Waals surface area contributed by atoms with E-state index in [9.17, 15) is 31.4 Å². The number of aliphatic hydroxyl groups is 1. The summed E-state index contributed by atoms with van der Waals surface area (Å²) in [6, 6.07) is 8.18. The summed E-state index contributed by atoms with van der Waals surface area (Å²) in [5, 5.41) is 20.2. The highest BCUT2D eigenvalue weighted by Crippen LogP contribution is 2.50. The third kappa shape index (κ3) is 4.67. The summed E-state index contributed by atoms with van der Waals surface area (Å²) in [5.41, 5.74) is -5.04. The van der Waals surface area contributed by atoms with Gasteiger partial charge in [0.1, 0.15) is 5.69 Å². The Labute approximate surface area is 183 Å². The van der Waals surface area contributed by atoms with E-state index in [-0.39, 0.29) is 12.2 Å². The van der Waals surface area contributed by atoms with Crippen molar-refractivity contribution in [3.05, 3.63) is 59.9 Å². The van der Waals surface area contributed by atoms with E-state index in [2.05, 4.69) is 15.6 Å². The van der Waals surface area contributed by atoms with Gasteiger partial charge in [0.25, 0.3) is 5.60 Å². The first-order chi connectivity index (χ1) is 15.4. The lowest BCUT2D eigenvalue weighted by Gasteiger charge is -2.32. The standard InChI is InChI=1S/C20H18F6N4O3/c1-32-16-8-7-15(9-17(16)33-2)30-11-14(28-29-30)10-27-13-5-3-12(4-6-13)18(31,19(21,22)23)20(24,25)26/h3-9,11,27,31H,10H2,1-2H3. The van der Waals surface area contributed by atoms with Gasteiger partial charge in [-0.15, -0.1) is 5.10 Å². The number of nitrogens with one attached hydrogen (secondary N) is 1. The van der Waals surface area contributed by atoms with E-state index in [1.165, 1.54) is 18.9 Å². The molecule has 0 fully saturated rings. The molecular weight excluding hydrogens is 458 g/mol. The monoisotopic (exact) mass is 476 g/mol. The molecule has 0 aliphatic carbocycles. The number of aromatic nitrogens is 3. The molecule has 0 atom stereocenters. The van der Waals surface area contributed by atoms with Gasteiger partial charge in [0.15, 0.2) is 11.5 Å². The van der Waals surface area contributed by atoms with Gasteiger partial charge in [-0.1, -0.05) is 17.3 Å². The maximum atomic E-state index is 13.0. The fraction of sp³-hybridized carbons (Fsp3) is 0.300. The first kappa shape index (κ1) is 24.2. The van der Waals surface area contributed by atoms with E-state index in [0.29, 0.717) is 35.0 Å². The van der Waals surface area contributed by atoms with Crippen molar-refractivity contribution < 1.29 is 40.9 Å². The van der Waals surface area contributed by atoms with E-state index in [1.807, 2.05) is 0 Å². The third-order valence-corrected chi connectivity index (χ3v) is 4.77. The minimum absolute atomic E-state index is 0.0788. The summed E-state index contributed by atoms with van der Waals surface area (Å²) in [4.78, 5) is 0. The van der Waals surface area contributed by atoms with Crippen LogP contribution >= 0.6 is 0 Å². The van der Waals surface area contributed by atoms with Crippen molar-refractivity contribution in [3.8, 4) is 17.2 Å². The summed E-state index contributed by atoms with van der Waals surface area (Å²) in [5.74, 6) is 0.998. The lowest BCUT2D eigenvalue weighted by molar-refractivity contribution is -0.376. The minimum atomic E-state index is -5.94. The van der Waals surface area contributed by atoms with Crippen LogP contribution in [0.4, 0.5) is 32.0 Å². The smallest absolute Gasteiger partial charge is 0.430 e. The quantitative estimate of drug-likeness (QED) is 0.498. The van der Waals surface area contributed by atoms with Crippen LogP contribution in [0.1, 0.15) is 11.3 Å². The van der Waals surface area contributed by atoms with Gasteiger partial charge in [0.05, 0.1) is 32.6 Å². The van der Waals surface area contributed by atoms with Crippen LogP contribution in [0.15, 0.2) is 48.7 Å². The van der Waals surface area contributed by atoms with Crippen LogP contribution < -0.4 is 14.8 Å². The number of halogens is 6. The first-order valence-corrected chi connectivity index (χ1v) is 9.24. The average molecular weight is 476 g/mol. The van der Waals surface area contributed by atoms with Crippen molar-refractivity contribution in [1.82, 2.24) is 15.0 Å². The zero-order valence-electron chi connectivity index (χ0n) is 17.2. The van der Waals surface area contributed by atoms with Crippen molar-refractivity contribution in [1.29, 1.82) is 0 Å². The molecule has 0 amide bonds. The Morgan fingerprint density at radius 2 is 1.52 bits per heavy atom. The number of alkyl halides is 6. The molecule has 0 radical (unpaired) electrons. The molecule has 0 saturated heterocycles. The molecule has 0 bridgehead atoms. The third-order valence-electron chi connectivity index (χ3n) is 4.77. The van der Waals surface area contributed by atoms with Gasteiger partial charge in [-0.05, 0) is 24.3 Å². The number of benzene rings is 2. The average Bonchev–Trinajstić information content (AvgIpc) is 3.24. The van der Waals surface area contributed by atoms with Gasteiger partial charge in [0, 0.05) is 17.3 Å². The van der Waals surface area contributed by atoms with Crippen LogP contribution in [0.3, 0.4) is 0 Å². The second-order valence-electron chi connectivity index (χ2n) is 6.83. The van der Waals surface area contributed by atoms with Crippen LogP contribution in [0.2, 0.25) is 0 Å². The molecule has 13 heteroatoms. The SMILES string of the molecule is COc1ccc(-n2cc(CNc3ccc(C(O)(C(F)(F)F)C(F)(F)F)cc3)nn2)cc1OC. The van der Waals surface area contributed by atoms with Crippen LogP contribution in [0, 0.1) is 0 Å². The Kier molecular flexibility index (Phi) is 6.45. The minimum Gasteiger partial charge on any atom is -0.493 e. The molecular formula is C20H18F6N4O3. The molecule has 0 saturated carbocycles. The van der Waals surface area contributed by atoms with Crippen molar-refractivity contribution >= 4 is 5.69 Å². The van der Waals surface area contributed by atoms with Crippen LogP contribution in [0.5, 0.6) is 11.5 Å². The summed E-state index contributed by atoms with van der Waals surface area (Å²) in [7, 11) is 2.98. The Morgan fingerprint density at radius 1 is 0.909 bits per heavy atom. The Bertz CT molecular complexity index is 1080. The second-order valence-corrected chi connectivity index (χ2v) is 6.83. The number of nitrogens with zero attached hydrogens (tertiary/aromatic N) is 3. The number of hydrogen-bond donors (Lipinski definition) is 2. The molecule has 3 aromatic rings. The van der Waals surface area contributed by atoms with Gasteiger partial charge >= 0.3 is 12.4 Å². The first-order valence-electron chi connectivity index (χ1n) is 9.24. The lowest BCUT2D eigenvalue weighted by atomic mass is 9.92. The summed E-state index contributed by atoms with van der Waals surface area (Å²) in [6.45, 7) is 0.0788. The predicted octanol–water partition coefficient (Wildman–Crippen LogP) is 4.21. The molecule has 2 N–H and O–H groups in total. The predicted molar refractivity (Wildman–Crippen MR) is 104 cm³/mol. The van der Waals surface area contributed by atoms with E-state index < -0.39 is 23.5 Å². The highest BCUT2D eigenvalue weighted by atomic mass is 19.4. The van der Waals surface area contributed by atoms with Gasteiger partial charge in [-0.3, -0.25) is 0 Å². The van der Waals surface area contributed by atoms with E-state index in [1.54, 1.807) is 24.4 Å². The van der Waals surface area contributed by atoms with Crippen molar-refractivity contribution in [2.45, 2.75) is 24.5 Å². The fourth-order valence-corrected chi connectivity index (χ4v) is 2.98. The molecule has 0 aliphatic rings. The van der Waals surface area contributed by atoms with Crippen LogP contribution in [-0.2, 0) is 12.1 Å². The molecule has 33 heavy (non-hydrogen) atoms. The largest absolute Gasteiger partial charge is 0.493 e. The van der Waals surface area contributed by atoms with Gasteiger partial charge in [-0.2, -0.15) is 26.3 Å². The molecule has 0 unspecified atom stereocenters. The lowest BCUT2D eigenvalue weighted by Crippen LogP contribution is -2.53. The number of hydrogen-bond acceptors (Lipinski definition) is 6. The van der Waals surface area contributed by atoms with Crippen LogP contribution in [-0.4, -0.2) is 46.7 Å². The molecule has 3 rings (SSSR count). The van der Waals surface area contributed by atoms with Crippen molar-refractivity contribution in [2.24, 2.45) is 0 Å². The van der Waals surface area contributed by atoms with Gasteiger partial charge in [0.2, 0.25) is 0 Å². The Balaban J connectivity index is 1.73. The Hall–Kier alpha value is -3.48. The molecule has 1 heterocycles. The van der Waals surface area contributed by atoms with Crippen molar-refractivity contribution in [3.63, 3.8) is 0 Å². The van der Waals surface area contributed by atoms with Gasteiger partial charge < -0.3 is 19.9 Å². The number of rotatable bonds is 7. The molecule has 7 nitrogen and oxygen atoms in total. The molecule has 0 spiro atoms. The van der Waals surface area contributed by atoms with E-state index >= 15 is 0 Å². The molecule has 1 aromatic heterocycles. The topological polar surface area (TPSA) is 81.4 Å². The maximum absolute atomic E-state index is 13.0. The number of anilines is 1. The van der Waals surface area contributed by atoms with Gasteiger partial charge in [-0.25, -0.2) is 4.68 Å². The van der Waals surface area contributed by atoms with Crippen LogP contribution in [0.25, 0.3) is 5.69 Å². The summed E-state index contributed by atoms with van der Waals surface area (Å²) < 4.78 is 89.7. The Morgan fingerprint density at radius 3 is 2.06 bits per heavy atom. The molecule has 0 aliphatic heterocycles. The molecule has 178 valence electrons. The highest BCUT2D eigenvalue weighted by Gasteiger charge is 2.71. The highest BCUT2D eigenvalue weighted by molar-refractivity contribution is 5.49. The molecule has 2 aromatic carbocycles. The van der Waals surface area contributed by atoms with E-state index in [4.69, 9.17) is 9.47 Å². The fourth-order valence-electron chi connectivity index (χ4n) is 2.98. The zero-order valence-corrected chi connectivity index (χ0v) is 17.2. The van der Waals surface area contributed by atoms with Crippen molar-refractivity contribution in [2.75, 3.05) is 19.5 Å².